The molecule has 0 amide bonds. The van der Waals surface area contributed by atoms with Crippen molar-refractivity contribution in [2.24, 2.45) is 0 Å². The van der Waals surface area contributed by atoms with Crippen LogP contribution in [0.5, 0.6) is 0 Å². The van der Waals surface area contributed by atoms with Gasteiger partial charge in [0.2, 0.25) is 0 Å². The van der Waals surface area contributed by atoms with Gasteiger partial charge in [0.15, 0.2) is 0 Å². The maximum absolute atomic E-state index is 9.86. The molecule has 0 spiro atoms. The van der Waals surface area contributed by atoms with Gasteiger partial charge in [-0.2, -0.15) is 5.26 Å². The van der Waals surface area contributed by atoms with Crippen LogP contribution >= 0.6 is 0 Å². The Balaban J connectivity index is 1.90. The largest absolute Gasteiger partial charge is 0.387 e. The fraction of sp³-hybridized carbons (Fsp3) is 0.462. The summed E-state index contributed by atoms with van der Waals surface area (Å²) in [5, 5.41) is 18.5. The fourth-order valence-corrected chi connectivity index (χ4v) is 2.06. The van der Waals surface area contributed by atoms with Crippen molar-refractivity contribution >= 4 is 0 Å². The molecule has 3 nitrogen and oxygen atoms in total. The second kappa shape index (κ2) is 4.25. The highest BCUT2D eigenvalue weighted by molar-refractivity contribution is 5.31. The lowest BCUT2D eigenvalue weighted by Crippen LogP contribution is -2.60. The Labute approximate surface area is 95.9 Å². The summed E-state index contributed by atoms with van der Waals surface area (Å²) in [6, 6.07) is 9.72. The Morgan fingerprint density at radius 3 is 2.50 bits per heavy atom. The lowest BCUT2D eigenvalue weighted by Gasteiger charge is -2.46. The van der Waals surface area contributed by atoms with Gasteiger partial charge in [-0.25, -0.2) is 0 Å². The van der Waals surface area contributed by atoms with Crippen LogP contribution in [0, 0.1) is 11.3 Å². The number of rotatable bonds is 3. The molecule has 3 heteroatoms. The van der Waals surface area contributed by atoms with Gasteiger partial charge < -0.3 is 5.11 Å². The normalized spacial score (nSPS) is 18.8. The van der Waals surface area contributed by atoms with Gasteiger partial charge in [-0.05, 0) is 24.1 Å². The van der Waals surface area contributed by atoms with Gasteiger partial charge in [-0.3, -0.25) is 4.90 Å². The number of likely N-dealkylation sites (tertiary alicyclic amines) is 1. The second-order valence-corrected chi connectivity index (χ2v) is 4.53. The SMILES string of the molecule is CCC1(O)CN(Cc2ccc(C#N)cc2)C1. The molecule has 1 aliphatic heterocycles. The number of nitrogens with zero attached hydrogens (tertiary/aromatic N) is 2. The Morgan fingerprint density at radius 1 is 1.38 bits per heavy atom. The van der Waals surface area contributed by atoms with Gasteiger partial charge in [0.1, 0.15) is 0 Å². The van der Waals surface area contributed by atoms with Crippen molar-refractivity contribution in [1.82, 2.24) is 4.90 Å². The van der Waals surface area contributed by atoms with Gasteiger partial charge in [-0.15, -0.1) is 0 Å². The predicted molar refractivity (Wildman–Crippen MR) is 61.7 cm³/mol. The van der Waals surface area contributed by atoms with E-state index in [2.05, 4.69) is 11.0 Å². The highest BCUT2D eigenvalue weighted by Gasteiger charge is 2.38. The van der Waals surface area contributed by atoms with E-state index >= 15 is 0 Å². The van der Waals surface area contributed by atoms with Crippen LogP contribution in [0.15, 0.2) is 24.3 Å². The first-order chi connectivity index (χ1) is 7.65. The first-order valence-electron chi connectivity index (χ1n) is 5.59. The zero-order chi connectivity index (χ0) is 11.6. The molecule has 1 aromatic carbocycles. The van der Waals surface area contributed by atoms with Crippen LogP contribution in [0.4, 0.5) is 0 Å². The summed E-state index contributed by atoms with van der Waals surface area (Å²) < 4.78 is 0. The Bertz CT molecular complexity index is 399. The summed E-state index contributed by atoms with van der Waals surface area (Å²) in [6.45, 7) is 4.38. The van der Waals surface area contributed by atoms with Crippen molar-refractivity contribution in [2.45, 2.75) is 25.5 Å². The standard InChI is InChI=1S/C13H16N2O/c1-2-13(16)9-15(10-13)8-12-5-3-11(7-14)4-6-12/h3-6,16H,2,8-10H2,1H3. The van der Waals surface area contributed by atoms with Gasteiger partial charge in [0, 0.05) is 19.6 Å². The quantitative estimate of drug-likeness (QED) is 0.833. The molecule has 1 heterocycles. The minimum Gasteiger partial charge on any atom is -0.387 e. The average molecular weight is 216 g/mol. The average Bonchev–Trinajstić information content (AvgIpc) is 2.28. The van der Waals surface area contributed by atoms with Crippen molar-refractivity contribution in [3.05, 3.63) is 35.4 Å². The Kier molecular flexibility index (Phi) is 2.95. The van der Waals surface area contributed by atoms with E-state index in [1.165, 1.54) is 5.56 Å². The van der Waals surface area contributed by atoms with E-state index in [4.69, 9.17) is 5.26 Å². The molecule has 0 radical (unpaired) electrons. The van der Waals surface area contributed by atoms with Crippen LogP contribution in [0.2, 0.25) is 0 Å². The first-order valence-corrected chi connectivity index (χ1v) is 5.59. The fourth-order valence-electron chi connectivity index (χ4n) is 2.06. The molecule has 0 atom stereocenters. The van der Waals surface area contributed by atoms with Gasteiger partial charge in [0.05, 0.1) is 17.2 Å². The zero-order valence-corrected chi connectivity index (χ0v) is 9.48. The van der Waals surface area contributed by atoms with Crippen molar-refractivity contribution in [3.63, 3.8) is 0 Å². The highest BCUT2D eigenvalue weighted by atomic mass is 16.3. The molecule has 0 aromatic heterocycles. The van der Waals surface area contributed by atoms with Crippen LogP contribution in [0.3, 0.4) is 0 Å². The molecule has 1 N–H and O–H groups in total. The summed E-state index contributed by atoms with van der Waals surface area (Å²) in [5.41, 5.74) is 1.42. The summed E-state index contributed by atoms with van der Waals surface area (Å²) >= 11 is 0. The molecular formula is C13H16N2O. The molecule has 84 valence electrons. The minimum absolute atomic E-state index is 0.466. The van der Waals surface area contributed by atoms with E-state index in [-0.39, 0.29) is 0 Å². The maximum Gasteiger partial charge on any atom is 0.0991 e. The van der Waals surface area contributed by atoms with E-state index in [0.29, 0.717) is 5.56 Å². The summed E-state index contributed by atoms with van der Waals surface area (Å²) in [5.74, 6) is 0. The number of aliphatic hydroxyl groups is 1. The van der Waals surface area contributed by atoms with Crippen molar-refractivity contribution in [2.75, 3.05) is 13.1 Å². The predicted octanol–water partition coefficient (Wildman–Crippen LogP) is 1.51. The van der Waals surface area contributed by atoms with E-state index in [0.717, 1.165) is 26.1 Å². The molecule has 1 fully saturated rings. The number of hydrogen-bond donors (Lipinski definition) is 1. The maximum atomic E-state index is 9.86. The van der Waals surface area contributed by atoms with Crippen molar-refractivity contribution in [3.8, 4) is 6.07 Å². The Morgan fingerprint density at radius 2 is 2.00 bits per heavy atom. The summed E-state index contributed by atoms with van der Waals surface area (Å²) in [7, 11) is 0. The monoisotopic (exact) mass is 216 g/mol. The topological polar surface area (TPSA) is 47.3 Å². The second-order valence-electron chi connectivity index (χ2n) is 4.53. The minimum atomic E-state index is -0.466. The molecule has 1 saturated heterocycles. The molecule has 2 rings (SSSR count). The number of nitriles is 1. The van der Waals surface area contributed by atoms with Crippen molar-refractivity contribution < 1.29 is 5.11 Å². The highest BCUT2D eigenvalue weighted by Crippen LogP contribution is 2.25. The molecule has 16 heavy (non-hydrogen) atoms. The molecule has 0 unspecified atom stereocenters. The van der Waals surface area contributed by atoms with Crippen LogP contribution in [-0.2, 0) is 6.54 Å². The van der Waals surface area contributed by atoms with E-state index in [9.17, 15) is 5.11 Å². The number of hydrogen-bond acceptors (Lipinski definition) is 3. The van der Waals surface area contributed by atoms with Crippen LogP contribution in [0.1, 0.15) is 24.5 Å². The Hall–Kier alpha value is -1.37. The van der Waals surface area contributed by atoms with Crippen molar-refractivity contribution in [1.29, 1.82) is 5.26 Å². The summed E-state index contributed by atoms with van der Waals surface area (Å²) in [6.07, 6.45) is 0.816. The molecule has 0 bridgehead atoms. The summed E-state index contributed by atoms with van der Waals surface area (Å²) in [4.78, 5) is 2.21. The van der Waals surface area contributed by atoms with Gasteiger partial charge in [-0.1, -0.05) is 19.1 Å². The zero-order valence-electron chi connectivity index (χ0n) is 9.48. The van der Waals surface area contributed by atoms with Crippen LogP contribution in [0.25, 0.3) is 0 Å². The number of benzene rings is 1. The first kappa shape index (κ1) is 11.1. The lowest BCUT2D eigenvalue weighted by atomic mass is 9.91. The smallest absolute Gasteiger partial charge is 0.0991 e. The van der Waals surface area contributed by atoms with Crippen LogP contribution in [-0.4, -0.2) is 28.7 Å². The van der Waals surface area contributed by atoms with Gasteiger partial charge >= 0.3 is 0 Å². The molecule has 0 aliphatic carbocycles. The molecule has 1 aliphatic rings. The van der Waals surface area contributed by atoms with E-state index in [1.807, 2.05) is 31.2 Å². The van der Waals surface area contributed by atoms with E-state index < -0.39 is 5.60 Å². The third kappa shape index (κ3) is 2.24. The lowest BCUT2D eigenvalue weighted by molar-refractivity contribution is -0.103. The molecule has 0 saturated carbocycles. The third-order valence-electron chi connectivity index (χ3n) is 3.18. The molecular weight excluding hydrogens is 200 g/mol. The van der Waals surface area contributed by atoms with Crippen LogP contribution < -0.4 is 0 Å². The third-order valence-corrected chi connectivity index (χ3v) is 3.18. The molecule has 1 aromatic rings. The van der Waals surface area contributed by atoms with Gasteiger partial charge in [0.25, 0.3) is 0 Å². The van der Waals surface area contributed by atoms with E-state index in [1.54, 1.807) is 0 Å². The number of β-amino-alcohol motifs (C(OH)–C–C–N with tert-alkyl or cyclic N) is 1.